The molecule has 28 heavy (non-hydrogen) atoms. The average molecular weight is 389 g/mol. The first-order chi connectivity index (χ1) is 13.8. The highest BCUT2D eigenvalue weighted by Crippen LogP contribution is 2.25. The van der Waals surface area contributed by atoms with Crippen LogP contribution in [0.3, 0.4) is 0 Å². The van der Waals surface area contributed by atoms with Crippen molar-refractivity contribution in [3.05, 3.63) is 88.5 Å². The number of thiazole rings is 1. The Morgan fingerprint density at radius 2 is 1.79 bits per heavy atom. The van der Waals surface area contributed by atoms with E-state index in [1.807, 2.05) is 48.5 Å². The van der Waals surface area contributed by atoms with Gasteiger partial charge < -0.3 is 5.32 Å². The number of hydrogen-bond acceptors (Lipinski definition) is 5. The van der Waals surface area contributed by atoms with Crippen LogP contribution in [0.15, 0.2) is 72.4 Å². The number of rotatable bonds is 7. The normalized spacial score (nSPS) is 10.7. The summed E-state index contributed by atoms with van der Waals surface area (Å²) in [5, 5.41) is 11.0. The molecule has 2 aromatic heterocycles. The molecular weight excluding hydrogens is 370 g/mol. The molecule has 140 valence electrons. The molecule has 6 nitrogen and oxygen atoms in total. The van der Waals surface area contributed by atoms with E-state index in [2.05, 4.69) is 32.7 Å². The molecule has 0 fully saturated rings. The zero-order valence-electron chi connectivity index (χ0n) is 15.2. The SMILES string of the molecule is O=C(NCc1scnc1-c1ccccc1)c1cn(CCc2ccccc2)nn1. The van der Waals surface area contributed by atoms with Crippen LogP contribution in [0.1, 0.15) is 20.9 Å². The summed E-state index contributed by atoms with van der Waals surface area (Å²) in [6.07, 6.45) is 2.52. The number of carbonyl (C=O) groups is 1. The molecule has 0 atom stereocenters. The Balaban J connectivity index is 1.35. The number of nitrogens with one attached hydrogen (secondary N) is 1. The Labute approximate surface area is 166 Å². The number of benzene rings is 2. The van der Waals surface area contributed by atoms with Crippen molar-refractivity contribution in [2.45, 2.75) is 19.5 Å². The van der Waals surface area contributed by atoms with E-state index < -0.39 is 0 Å². The van der Waals surface area contributed by atoms with Crippen LogP contribution in [-0.2, 0) is 19.5 Å². The summed E-state index contributed by atoms with van der Waals surface area (Å²) in [5.41, 5.74) is 5.28. The maximum absolute atomic E-state index is 12.4. The molecule has 2 heterocycles. The molecule has 7 heteroatoms. The smallest absolute Gasteiger partial charge is 0.273 e. The lowest BCUT2D eigenvalue weighted by molar-refractivity contribution is 0.0946. The van der Waals surface area contributed by atoms with E-state index in [1.165, 1.54) is 16.9 Å². The van der Waals surface area contributed by atoms with Gasteiger partial charge in [-0.3, -0.25) is 9.48 Å². The first-order valence-corrected chi connectivity index (χ1v) is 9.87. The van der Waals surface area contributed by atoms with E-state index in [9.17, 15) is 4.79 Å². The van der Waals surface area contributed by atoms with Gasteiger partial charge in [0.15, 0.2) is 5.69 Å². The highest BCUT2D eigenvalue weighted by atomic mass is 32.1. The summed E-state index contributed by atoms with van der Waals surface area (Å²) in [5.74, 6) is -0.238. The van der Waals surface area contributed by atoms with Crippen LogP contribution in [0.25, 0.3) is 11.3 Å². The second-order valence-corrected chi connectivity index (χ2v) is 7.21. The monoisotopic (exact) mass is 389 g/mol. The Kier molecular flexibility index (Phi) is 5.53. The molecule has 0 bridgehead atoms. The van der Waals surface area contributed by atoms with E-state index in [0.29, 0.717) is 18.8 Å². The minimum Gasteiger partial charge on any atom is -0.346 e. The number of carbonyl (C=O) groups excluding carboxylic acids is 1. The minimum atomic E-state index is -0.238. The summed E-state index contributed by atoms with van der Waals surface area (Å²) >= 11 is 1.53. The molecule has 4 aromatic rings. The fourth-order valence-electron chi connectivity index (χ4n) is 2.88. The first-order valence-electron chi connectivity index (χ1n) is 8.99. The Morgan fingerprint density at radius 3 is 2.57 bits per heavy atom. The quantitative estimate of drug-likeness (QED) is 0.524. The molecule has 1 N–H and O–H groups in total. The van der Waals surface area contributed by atoms with Crippen LogP contribution in [0, 0.1) is 0 Å². The van der Waals surface area contributed by atoms with Crippen molar-refractivity contribution in [3.8, 4) is 11.3 Å². The zero-order chi connectivity index (χ0) is 19.2. The molecule has 0 saturated carbocycles. The third-order valence-electron chi connectivity index (χ3n) is 4.34. The van der Waals surface area contributed by atoms with Crippen LogP contribution in [-0.4, -0.2) is 25.9 Å². The second kappa shape index (κ2) is 8.58. The molecule has 0 aliphatic heterocycles. The van der Waals surface area contributed by atoms with E-state index in [4.69, 9.17) is 0 Å². The van der Waals surface area contributed by atoms with Gasteiger partial charge in [-0.05, 0) is 12.0 Å². The lowest BCUT2D eigenvalue weighted by Gasteiger charge is -2.04. The number of hydrogen-bond donors (Lipinski definition) is 1. The summed E-state index contributed by atoms with van der Waals surface area (Å²) in [6.45, 7) is 1.09. The van der Waals surface area contributed by atoms with Crippen LogP contribution in [0.4, 0.5) is 0 Å². The van der Waals surface area contributed by atoms with E-state index in [0.717, 1.165) is 22.6 Å². The van der Waals surface area contributed by atoms with Crippen molar-refractivity contribution >= 4 is 17.2 Å². The molecule has 4 rings (SSSR count). The van der Waals surface area contributed by atoms with Crippen LogP contribution < -0.4 is 5.32 Å². The zero-order valence-corrected chi connectivity index (χ0v) is 16.0. The van der Waals surface area contributed by atoms with Gasteiger partial charge in [0.05, 0.1) is 28.8 Å². The van der Waals surface area contributed by atoms with Gasteiger partial charge in [0.1, 0.15) is 0 Å². The number of nitrogens with zero attached hydrogens (tertiary/aromatic N) is 4. The Morgan fingerprint density at radius 1 is 1.04 bits per heavy atom. The second-order valence-electron chi connectivity index (χ2n) is 6.28. The molecule has 0 spiro atoms. The van der Waals surface area contributed by atoms with Gasteiger partial charge >= 0.3 is 0 Å². The van der Waals surface area contributed by atoms with Gasteiger partial charge in [-0.25, -0.2) is 4.98 Å². The standard InChI is InChI=1S/C21H19N5OS/c27-21(18-14-26(25-24-18)12-11-16-7-3-1-4-8-16)22-13-19-20(23-15-28-19)17-9-5-2-6-10-17/h1-10,14-15H,11-13H2,(H,22,27). The van der Waals surface area contributed by atoms with E-state index >= 15 is 0 Å². The molecule has 2 aromatic carbocycles. The number of amides is 1. The topological polar surface area (TPSA) is 72.7 Å². The number of aromatic nitrogens is 4. The fraction of sp³-hybridized carbons (Fsp3) is 0.143. The molecule has 0 unspecified atom stereocenters. The number of aryl methyl sites for hydroxylation is 2. The van der Waals surface area contributed by atoms with Crippen LogP contribution in [0.2, 0.25) is 0 Å². The maximum Gasteiger partial charge on any atom is 0.273 e. The van der Waals surface area contributed by atoms with Gasteiger partial charge in [0.25, 0.3) is 5.91 Å². The lowest BCUT2D eigenvalue weighted by Crippen LogP contribution is -2.23. The van der Waals surface area contributed by atoms with Crippen LogP contribution in [0.5, 0.6) is 0 Å². The van der Waals surface area contributed by atoms with Gasteiger partial charge in [-0.2, -0.15) is 0 Å². The van der Waals surface area contributed by atoms with Crippen molar-refractivity contribution in [2.75, 3.05) is 0 Å². The Bertz CT molecular complexity index is 1040. The Hall–Kier alpha value is -3.32. The van der Waals surface area contributed by atoms with E-state index in [1.54, 1.807) is 16.4 Å². The lowest BCUT2D eigenvalue weighted by atomic mass is 10.1. The third-order valence-corrected chi connectivity index (χ3v) is 5.17. The summed E-state index contributed by atoms with van der Waals surface area (Å²) < 4.78 is 1.70. The first kappa shape index (κ1) is 18.1. The molecule has 0 aliphatic rings. The summed E-state index contributed by atoms with van der Waals surface area (Å²) in [7, 11) is 0. The van der Waals surface area contributed by atoms with Gasteiger partial charge in [-0.1, -0.05) is 65.9 Å². The molecular formula is C21H19N5OS. The van der Waals surface area contributed by atoms with Crippen molar-refractivity contribution in [2.24, 2.45) is 0 Å². The van der Waals surface area contributed by atoms with Crippen LogP contribution >= 0.6 is 11.3 Å². The molecule has 1 amide bonds. The van der Waals surface area contributed by atoms with Crippen molar-refractivity contribution < 1.29 is 4.79 Å². The molecule has 0 radical (unpaired) electrons. The minimum absolute atomic E-state index is 0.238. The predicted molar refractivity (Wildman–Crippen MR) is 109 cm³/mol. The predicted octanol–water partition coefficient (Wildman–Crippen LogP) is 3.57. The molecule has 0 saturated heterocycles. The third kappa shape index (κ3) is 4.32. The van der Waals surface area contributed by atoms with Gasteiger partial charge in [-0.15, -0.1) is 16.4 Å². The van der Waals surface area contributed by atoms with Gasteiger partial charge in [0, 0.05) is 12.1 Å². The highest BCUT2D eigenvalue weighted by molar-refractivity contribution is 7.10. The van der Waals surface area contributed by atoms with Gasteiger partial charge in [0.2, 0.25) is 0 Å². The van der Waals surface area contributed by atoms with Crippen molar-refractivity contribution in [1.29, 1.82) is 0 Å². The average Bonchev–Trinajstić information content (AvgIpc) is 3.41. The largest absolute Gasteiger partial charge is 0.346 e. The fourth-order valence-corrected chi connectivity index (χ4v) is 3.60. The van der Waals surface area contributed by atoms with Crippen molar-refractivity contribution in [3.63, 3.8) is 0 Å². The highest BCUT2D eigenvalue weighted by Gasteiger charge is 2.13. The van der Waals surface area contributed by atoms with E-state index in [-0.39, 0.29) is 5.91 Å². The molecule has 0 aliphatic carbocycles. The maximum atomic E-state index is 12.4. The van der Waals surface area contributed by atoms with Crippen molar-refractivity contribution in [1.82, 2.24) is 25.3 Å². The summed E-state index contributed by atoms with van der Waals surface area (Å²) in [6, 6.07) is 20.1. The summed E-state index contributed by atoms with van der Waals surface area (Å²) in [4.78, 5) is 17.9.